The highest BCUT2D eigenvalue weighted by atomic mass is 32.1. The Morgan fingerprint density at radius 1 is 1.15 bits per heavy atom. The molecule has 0 atom stereocenters. The van der Waals surface area contributed by atoms with E-state index in [0.717, 1.165) is 21.3 Å². The summed E-state index contributed by atoms with van der Waals surface area (Å²) >= 11 is 1.39. The lowest BCUT2D eigenvalue weighted by Crippen LogP contribution is -2.20. The molecule has 0 saturated heterocycles. The summed E-state index contributed by atoms with van der Waals surface area (Å²) in [5.74, 6) is -0.320. The Morgan fingerprint density at radius 2 is 1.89 bits per heavy atom. The number of nitrogens with zero attached hydrogens (tertiary/aromatic N) is 1. The van der Waals surface area contributed by atoms with Crippen molar-refractivity contribution in [2.75, 3.05) is 18.5 Å². The van der Waals surface area contributed by atoms with E-state index < -0.39 is 11.9 Å². The summed E-state index contributed by atoms with van der Waals surface area (Å²) < 4.78 is 11.4. The minimum Gasteiger partial charge on any atom is -0.494 e. The van der Waals surface area contributed by atoms with Crippen molar-refractivity contribution in [3.63, 3.8) is 0 Å². The smallest absolute Gasteiger partial charge is 0.338 e. The molecule has 0 spiro atoms. The number of thiazole rings is 1. The number of hydrogen-bond acceptors (Lipinski definition) is 6. The third kappa shape index (κ3) is 4.62. The molecule has 0 bridgehead atoms. The van der Waals surface area contributed by atoms with Gasteiger partial charge < -0.3 is 9.47 Å². The molecule has 0 saturated carbocycles. The van der Waals surface area contributed by atoms with E-state index in [0.29, 0.717) is 23.1 Å². The number of aryl methyl sites for hydroxylation is 2. The Morgan fingerprint density at radius 3 is 2.59 bits per heavy atom. The second kappa shape index (κ2) is 8.18. The lowest BCUT2D eigenvalue weighted by Gasteiger charge is -2.06. The van der Waals surface area contributed by atoms with Crippen LogP contribution in [0.15, 0.2) is 36.4 Å². The van der Waals surface area contributed by atoms with Gasteiger partial charge >= 0.3 is 5.97 Å². The van der Waals surface area contributed by atoms with Crippen molar-refractivity contribution >= 4 is 38.6 Å². The number of carbonyl (C=O) groups excluding carboxylic acids is 2. The van der Waals surface area contributed by atoms with Crippen LogP contribution in [0.1, 0.15) is 28.4 Å². The SMILES string of the molecule is CCOc1ccc(C(=O)OCC(=O)Nc2nc3c(C)cc(C)cc3s2)cc1. The van der Waals surface area contributed by atoms with E-state index in [1.54, 1.807) is 24.3 Å². The van der Waals surface area contributed by atoms with Crippen molar-refractivity contribution in [3.05, 3.63) is 53.1 Å². The van der Waals surface area contributed by atoms with Crippen LogP contribution >= 0.6 is 11.3 Å². The van der Waals surface area contributed by atoms with Gasteiger partial charge in [-0.2, -0.15) is 0 Å². The molecule has 0 fully saturated rings. The highest BCUT2D eigenvalue weighted by Gasteiger charge is 2.13. The predicted molar refractivity (Wildman–Crippen MR) is 106 cm³/mol. The quantitative estimate of drug-likeness (QED) is 0.647. The van der Waals surface area contributed by atoms with Crippen LogP contribution in [-0.4, -0.2) is 30.1 Å². The molecule has 3 rings (SSSR count). The molecule has 0 aliphatic heterocycles. The number of rotatable bonds is 6. The Hall–Kier alpha value is -2.93. The van der Waals surface area contributed by atoms with Crippen LogP contribution in [-0.2, 0) is 9.53 Å². The van der Waals surface area contributed by atoms with Gasteiger partial charge in [-0.1, -0.05) is 17.4 Å². The number of hydrogen-bond donors (Lipinski definition) is 1. The maximum Gasteiger partial charge on any atom is 0.338 e. The van der Waals surface area contributed by atoms with Crippen molar-refractivity contribution in [2.45, 2.75) is 20.8 Å². The minimum atomic E-state index is -0.566. The van der Waals surface area contributed by atoms with Crippen LogP contribution in [0.4, 0.5) is 5.13 Å². The van der Waals surface area contributed by atoms with Crippen LogP contribution in [0.5, 0.6) is 5.75 Å². The monoisotopic (exact) mass is 384 g/mol. The van der Waals surface area contributed by atoms with Crippen LogP contribution < -0.4 is 10.1 Å². The highest BCUT2D eigenvalue weighted by molar-refractivity contribution is 7.22. The molecule has 6 nitrogen and oxygen atoms in total. The Bertz CT molecular complexity index is 980. The second-order valence-corrected chi connectivity index (χ2v) is 7.06. The first-order valence-electron chi connectivity index (χ1n) is 8.54. The molecule has 0 aliphatic rings. The number of anilines is 1. The summed E-state index contributed by atoms with van der Waals surface area (Å²) in [6.45, 7) is 6.06. The summed E-state index contributed by atoms with van der Waals surface area (Å²) in [7, 11) is 0. The second-order valence-electron chi connectivity index (χ2n) is 6.03. The molecule has 140 valence electrons. The maximum atomic E-state index is 12.1. The summed E-state index contributed by atoms with van der Waals surface area (Å²) in [6, 6.07) is 10.7. The average molecular weight is 384 g/mol. The standard InChI is InChI=1S/C20H20N2O4S/c1-4-25-15-7-5-14(6-8-15)19(24)26-11-17(23)21-20-22-18-13(3)9-12(2)10-16(18)27-20/h5-10H,4,11H2,1-3H3,(H,21,22,23). The van der Waals surface area contributed by atoms with E-state index in [1.807, 2.05) is 32.9 Å². The first-order chi connectivity index (χ1) is 13.0. The van der Waals surface area contributed by atoms with Gasteiger partial charge in [0.25, 0.3) is 5.91 Å². The fourth-order valence-electron chi connectivity index (χ4n) is 2.65. The topological polar surface area (TPSA) is 77.5 Å². The molecular weight excluding hydrogens is 364 g/mol. The summed E-state index contributed by atoms with van der Waals surface area (Å²) in [4.78, 5) is 28.6. The minimum absolute atomic E-state index is 0.359. The number of carbonyl (C=O) groups is 2. The zero-order valence-corrected chi connectivity index (χ0v) is 16.2. The van der Waals surface area contributed by atoms with Crippen molar-refractivity contribution < 1.29 is 19.1 Å². The highest BCUT2D eigenvalue weighted by Crippen LogP contribution is 2.29. The fraction of sp³-hybridized carbons (Fsp3) is 0.250. The van der Waals surface area contributed by atoms with Crippen molar-refractivity contribution in [1.29, 1.82) is 0 Å². The van der Waals surface area contributed by atoms with Gasteiger partial charge in [0.2, 0.25) is 0 Å². The summed E-state index contributed by atoms with van der Waals surface area (Å²) in [5.41, 5.74) is 3.43. The predicted octanol–water partition coefficient (Wildman–Crippen LogP) is 4.11. The number of fused-ring (bicyclic) bond motifs is 1. The number of esters is 1. The molecule has 27 heavy (non-hydrogen) atoms. The summed E-state index contributed by atoms with van der Waals surface area (Å²) in [5, 5.41) is 3.17. The molecule has 2 aromatic carbocycles. The third-order valence-electron chi connectivity index (χ3n) is 3.81. The van der Waals surface area contributed by atoms with Crippen LogP contribution in [0.25, 0.3) is 10.2 Å². The molecule has 7 heteroatoms. The molecule has 0 unspecified atom stereocenters. The van der Waals surface area contributed by atoms with Crippen molar-refractivity contribution in [2.24, 2.45) is 0 Å². The average Bonchev–Trinajstić information content (AvgIpc) is 3.03. The number of amides is 1. The van der Waals surface area contributed by atoms with Gasteiger partial charge in [-0.25, -0.2) is 9.78 Å². The lowest BCUT2D eigenvalue weighted by atomic mass is 10.1. The Balaban J connectivity index is 1.57. The molecule has 1 aromatic heterocycles. The molecule has 3 aromatic rings. The normalized spacial score (nSPS) is 10.6. The van der Waals surface area contributed by atoms with Gasteiger partial charge in [-0.3, -0.25) is 10.1 Å². The van der Waals surface area contributed by atoms with Gasteiger partial charge in [-0.05, 0) is 62.2 Å². The van der Waals surface area contributed by atoms with Crippen molar-refractivity contribution in [1.82, 2.24) is 4.98 Å². The Labute approximate surface area is 161 Å². The van der Waals surface area contributed by atoms with Gasteiger partial charge in [-0.15, -0.1) is 0 Å². The molecule has 1 heterocycles. The van der Waals surface area contributed by atoms with Gasteiger partial charge in [0, 0.05) is 0 Å². The molecular formula is C20H20N2O4S. The molecule has 0 radical (unpaired) electrons. The van der Waals surface area contributed by atoms with Gasteiger partial charge in [0.15, 0.2) is 11.7 Å². The van der Waals surface area contributed by atoms with E-state index in [9.17, 15) is 9.59 Å². The maximum absolute atomic E-state index is 12.1. The number of nitrogens with one attached hydrogen (secondary N) is 1. The fourth-order valence-corrected chi connectivity index (χ4v) is 3.71. The third-order valence-corrected chi connectivity index (χ3v) is 4.73. The Kier molecular flexibility index (Phi) is 5.71. The van der Waals surface area contributed by atoms with Gasteiger partial charge in [0.1, 0.15) is 5.75 Å². The van der Waals surface area contributed by atoms with E-state index in [4.69, 9.17) is 9.47 Å². The molecule has 0 aliphatic carbocycles. The first kappa shape index (κ1) is 18.8. The van der Waals surface area contributed by atoms with Crippen molar-refractivity contribution in [3.8, 4) is 5.75 Å². The van der Waals surface area contributed by atoms with E-state index in [-0.39, 0.29) is 6.61 Å². The van der Waals surface area contributed by atoms with Crippen LogP contribution in [0.2, 0.25) is 0 Å². The van der Waals surface area contributed by atoms with Crippen LogP contribution in [0, 0.1) is 13.8 Å². The lowest BCUT2D eigenvalue weighted by molar-refractivity contribution is -0.119. The van der Waals surface area contributed by atoms with Crippen LogP contribution in [0.3, 0.4) is 0 Å². The zero-order chi connectivity index (χ0) is 19.4. The first-order valence-corrected chi connectivity index (χ1v) is 9.35. The number of ether oxygens (including phenoxy) is 2. The number of benzene rings is 2. The molecule has 1 N–H and O–H groups in total. The number of aromatic nitrogens is 1. The largest absolute Gasteiger partial charge is 0.494 e. The van der Waals surface area contributed by atoms with E-state index in [2.05, 4.69) is 10.3 Å². The van der Waals surface area contributed by atoms with Gasteiger partial charge in [0.05, 0.1) is 22.4 Å². The van der Waals surface area contributed by atoms with E-state index in [1.165, 1.54) is 11.3 Å². The molecule has 1 amide bonds. The zero-order valence-electron chi connectivity index (χ0n) is 15.4. The summed E-state index contributed by atoms with van der Waals surface area (Å²) in [6.07, 6.45) is 0. The van der Waals surface area contributed by atoms with E-state index >= 15 is 0 Å².